The maximum absolute atomic E-state index is 12.5. The average molecular weight is 402 g/mol. The molecular formula is C19H17Cl2N5O. The Hall–Kier alpha value is -2.83. The molecule has 0 spiro atoms. The summed E-state index contributed by atoms with van der Waals surface area (Å²) in [6.45, 7) is 0. The number of pyridine rings is 2. The van der Waals surface area contributed by atoms with E-state index in [0.717, 1.165) is 5.82 Å². The first-order valence-electron chi connectivity index (χ1n) is 8.07. The zero-order chi connectivity index (χ0) is 19.4. The number of hydrogen-bond donors (Lipinski definition) is 2. The molecule has 0 unspecified atom stereocenters. The highest BCUT2D eigenvalue weighted by Gasteiger charge is 2.15. The van der Waals surface area contributed by atoms with E-state index in [0.29, 0.717) is 17.3 Å². The second-order valence-corrected chi connectivity index (χ2v) is 6.70. The van der Waals surface area contributed by atoms with Crippen LogP contribution in [0.2, 0.25) is 10.0 Å². The lowest BCUT2D eigenvalue weighted by Crippen LogP contribution is -2.13. The second-order valence-electron chi connectivity index (χ2n) is 5.88. The van der Waals surface area contributed by atoms with Crippen molar-refractivity contribution >= 4 is 52.3 Å². The molecule has 0 aliphatic carbocycles. The topological polar surface area (TPSA) is 70.2 Å². The first-order valence-corrected chi connectivity index (χ1v) is 8.82. The number of rotatable bonds is 5. The predicted molar refractivity (Wildman–Crippen MR) is 110 cm³/mol. The lowest BCUT2D eigenvalue weighted by molar-refractivity contribution is 0.102. The molecule has 3 aromatic rings. The van der Waals surface area contributed by atoms with Crippen LogP contribution in [0.4, 0.5) is 23.1 Å². The molecule has 0 aliphatic heterocycles. The number of benzene rings is 1. The summed E-state index contributed by atoms with van der Waals surface area (Å²) in [5.74, 6) is 1.61. The third kappa shape index (κ3) is 4.67. The van der Waals surface area contributed by atoms with E-state index in [2.05, 4.69) is 20.6 Å². The summed E-state index contributed by atoms with van der Waals surface area (Å²) in [7, 11) is 3.83. The van der Waals surface area contributed by atoms with E-state index in [1.807, 2.05) is 37.2 Å². The van der Waals surface area contributed by atoms with Crippen LogP contribution in [0.25, 0.3) is 0 Å². The van der Waals surface area contributed by atoms with Gasteiger partial charge >= 0.3 is 0 Å². The van der Waals surface area contributed by atoms with Gasteiger partial charge < -0.3 is 15.5 Å². The van der Waals surface area contributed by atoms with Gasteiger partial charge in [-0.1, -0.05) is 35.3 Å². The van der Waals surface area contributed by atoms with Crippen molar-refractivity contribution < 1.29 is 4.79 Å². The van der Waals surface area contributed by atoms with Crippen LogP contribution in [-0.4, -0.2) is 30.0 Å². The van der Waals surface area contributed by atoms with Crippen molar-refractivity contribution in [3.63, 3.8) is 0 Å². The van der Waals surface area contributed by atoms with Gasteiger partial charge in [-0.25, -0.2) is 9.97 Å². The first kappa shape index (κ1) is 18.9. The molecule has 8 heteroatoms. The van der Waals surface area contributed by atoms with Gasteiger partial charge in [0.05, 0.1) is 15.6 Å². The van der Waals surface area contributed by atoms with Crippen molar-refractivity contribution in [3.8, 4) is 0 Å². The molecule has 0 saturated heterocycles. The Morgan fingerprint density at radius 2 is 1.70 bits per heavy atom. The average Bonchev–Trinajstić information content (AvgIpc) is 2.62. The molecule has 1 aromatic carbocycles. The third-order valence-corrected chi connectivity index (χ3v) is 4.29. The van der Waals surface area contributed by atoms with Crippen LogP contribution in [0.3, 0.4) is 0 Å². The number of amides is 1. The Morgan fingerprint density at radius 3 is 2.41 bits per heavy atom. The van der Waals surface area contributed by atoms with E-state index in [4.69, 9.17) is 23.2 Å². The highest BCUT2D eigenvalue weighted by atomic mass is 35.5. The molecule has 2 heterocycles. The molecule has 6 nitrogen and oxygen atoms in total. The van der Waals surface area contributed by atoms with Crippen molar-refractivity contribution in [2.75, 3.05) is 29.6 Å². The van der Waals surface area contributed by atoms with Gasteiger partial charge in [-0.2, -0.15) is 0 Å². The summed E-state index contributed by atoms with van der Waals surface area (Å²) in [4.78, 5) is 23.1. The Bertz CT molecular complexity index is 958. The molecule has 2 aromatic heterocycles. The Labute approximate surface area is 167 Å². The maximum atomic E-state index is 12.5. The van der Waals surface area contributed by atoms with E-state index in [1.54, 1.807) is 36.5 Å². The summed E-state index contributed by atoms with van der Waals surface area (Å²) in [5.41, 5.74) is 0.782. The van der Waals surface area contributed by atoms with Gasteiger partial charge in [0.15, 0.2) is 0 Å². The number of carbonyl (C=O) groups excluding carboxylic acids is 1. The van der Waals surface area contributed by atoms with Crippen LogP contribution < -0.4 is 15.5 Å². The predicted octanol–water partition coefficient (Wildman–Crippen LogP) is 4.85. The van der Waals surface area contributed by atoms with Crippen LogP contribution in [0.15, 0.2) is 54.7 Å². The molecule has 0 radical (unpaired) electrons. The van der Waals surface area contributed by atoms with Crippen LogP contribution in [0.5, 0.6) is 0 Å². The minimum Gasteiger partial charge on any atom is -0.363 e. The summed E-state index contributed by atoms with van der Waals surface area (Å²) in [6, 6.07) is 13.9. The van der Waals surface area contributed by atoms with Crippen molar-refractivity contribution in [1.82, 2.24) is 9.97 Å². The Balaban J connectivity index is 1.78. The van der Waals surface area contributed by atoms with Crippen molar-refractivity contribution in [2.24, 2.45) is 0 Å². The molecule has 2 N–H and O–H groups in total. The minimum atomic E-state index is -0.393. The summed E-state index contributed by atoms with van der Waals surface area (Å²) in [5, 5.41) is 6.48. The number of anilines is 4. The van der Waals surface area contributed by atoms with Crippen molar-refractivity contribution in [3.05, 3.63) is 70.3 Å². The standard InChI is InChI=1S/C19H17Cl2N5O/c1-26(2)17-8-4-7-15(25-17)24-16-11-12(9-10-22-16)23-19(27)18-13(20)5-3-6-14(18)21/h3-11H,1-2H3,(H2,22,23,24,25,27). The maximum Gasteiger partial charge on any atom is 0.258 e. The zero-order valence-electron chi connectivity index (χ0n) is 14.7. The quantitative estimate of drug-likeness (QED) is 0.639. The number of aromatic nitrogens is 2. The Morgan fingerprint density at radius 1 is 1.00 bits per heavy atom. The summed E-state index contributed by atoms with van der Waals surface area (Å²) >= 11 is 12.2. The summed E-state index contributed by atoms with van der Waals surface area (Å²) in [6.07, 6.45) is 1.59. The molecule has 0 aliphatic rings. The molecule has 0 saturated carbocycles. The van der Waals surface area contributed by atoms with Crippen molar-refractivity contribution in [2.45, 2.75) is 0 Å². The normalized spacial score (nSPS) is 10.4. The molecule has 0 fully saturated rings. The lowest BCUT2D eigenvalue weighted by Gasteiger charge is -2.13. The van der Waals surface area contributed by atoms with Crippen LogP contribution >= 0.6 is 23.2 Å². The van der Waals surface area contributed by atoms with Gasteiger partial charge in [-0.15, -0.1) is 0 Å². The molecule has 138 valence electrons. The zero-order valence-corrected chi connectivity index (χ0v) is 16.2. The smallest absolute Gasteiger partial charge is 0.258 e. The number of halogens is 2. The van der Waals surface area contributed by atoms with Crippen LogP contribution in [0, 0.1) is 0 Å². The SMILES string of the molecule is CN(C)c1cccc(Nc2cc(NC(=O)c3c(Cl)cccc3Cl)ccn2)n1. The van der Waals surface area contributed by atoms with E-state index >= 15 is 0 Å². The molecule has 0 atom stereocenters. The van der Waals surface area contributed by atoms with Gasteiger partial charge in [0.2, 0.25) is 0 Å². The van der Waals surface area contributed by atoms with Crippen LogP contribution in [-0.2, 0) is 0 Å². The van der Waals surface area contributed by atoms with Gasteiger partial charge in [0.1, 0.15) is 17.5 Å². The van der Waals surface area contributed by atoms with E-state index < -0.39 is 5.91 Å². The molecule has 27 heavy (non-hydrogen) atoms. The first-order chi connectivity index (χ1) is 12.9. The molecule has 0 bridgehead atoms. The fourth-order valence-electron chi connectivity index (χ4n) is 2.36. The molecular weight excluding hydrogens is 385 g/mol. The monoisotopic (exact) mass is 401 g/mol. The second kappa shape index (κ2) is 8.24. The molecule has 1 amide bonds. The lowest BCUT2D eigenvalue weighted by atomic mass is 10.2. The van der Waals surface area contributed by atoms with E-state index in [1.165, 1.54) is 0 Å². The van der Waals surface area contributed by atoms with Gasteiger partial charge in [0, 0.05) is 32.0 Å². The highest BCUT2D eigenvalue weighted by molar-refractivity contribution is 6.40. The van der Waals surface area contributed by atoms with Crippen molar-refractivity contribution in [1.29, 1.82) is 0 Å². The third-order valence-electron chi connectivity index (χ3n) is 3.66. The van der Waals surface area contributed by atoms with Gasteiger partial charge in [0.25, 0.3) is 5.91 Å². The van der Waals surface area contributed by atoms with E-state index in [-0.39, 0.29) is 15.6 Å². The largest absolute Gasteiger partial charge is 0.363 e. The number of hydrogen-bond acceptors (Lipinski definition) is 5. The fourth-order valence-corrected chi connectivity index (χ4v) is 2.93. The highest BCUT2D eigenvalue weighted by Crippen LogP contribution is 2.26. The van der Waals surface area contributed by atoms with Gasteiger partial charge in [-0.3, -0.25) is 4.79 Å². The number of nitrogens with zero attached hydrogens (tertiary/aromatic N) is 3. The molecule has 3 rings (SSSR count). The summed E-state index contributed by atoms with van der Waals surface area (Å²) < 4.78 is 0. The van der Waals surface area contributed by atoms with Gasteiger partial charge in [-0.05, 0) is 30.3 Å². The fraction of sp³-hybridized carbons (Fsp3) is 0.105. The minimum absolute atomic E-state index is 0.229. The van der Waals surface area contributed by atoms with E-state index in [9.17, 15) is 4.79 Å². The Kier molecular flexibility index (Phi) is 5.78. The van der Waals surface area contributed by atoms with Crippen LogP contribution in [0.1, 0.15) is 10.4 Å². The number of carbonyl (C=O) groups is 1. The number of nitrogens with one attached hydrogen (secondary N) is 2.